The van der Waals surface area contributed by atoms with Crippen LogP contribution in [-0.2, 0) is 31.9 Å². The Morgan fingerprint density at radius 1 is 0.778 bits per heavy atom. The van der Waals surface area contributed by atoms with Crippen LogP contribution in [0, 0.1) is 5.41 Å². The number of halogens is 2. The van der Waals surface area contributed by atoms with Gasteiger partial charge in [0, 0.05) is 22.9 Å². The maximum Gasteiger partial charge on any atom is 0.324 e. The van der Waals surface area contributed by atoms with Crippen molar-refractivity contribution in [1.82, 2.24) is 0 Å². The minimum Gasteiger partial charge on any atom is -0.465 e. The van der Waals surface area contributed by atoms with Gasteiger partial charge >= 0.3 is 11.9 Å². The summed E-state index contributed by atoms with van der Waals surface area (Å²) in [5.41, 5.74) is -0.262. The van der Waals surface area contributed by atoms with Gasteiger partial charge in [0.2, 0.25) is 0 Å². The van der Waals surface area contributed by atoms with E-state index in [9.17, 15) is 9.59 Å². The number of ether oxygens (including phenoxy) is 2. The van der Waals surface area contributed by atoms with Crippen LogP contribution < -0.4 is 0 Å². The molecule has 0 heterocycles. The summed E-state index contributed by atoms with van der Waals surface area (Å²) in [4.78, 5) is 26.0. The third-order valence-electron chi connectivity index (χ3n) is 4.23. The van der Waals surface area contributed by atoms with Crippen LogP contribution in [0.3, 0.4) is 0 Å². The second kappa shape index (κ2) is 9.77. The first-order valence-electron chi connectivity index (χ1n) is 8.75. The molecule has 0 aliphatic rings. The lowest BCUT2D eigenvalue weighted by molar-refractivity contribution is -0.172. The Morgan fingerprint density at radius 2 is 1.15 bits per heavy atom. The minimum absolute atomic E-state index is 0.0512. The first-order chi connectivity index (χ1) is 12.9. The lowest BCUT2D eigenvalue weighted by Gasteiger charge is -2.30. The maximum atomic E-state index is 13.0. The quantitative estimate of drug-likeness (QED) is 0.460. The molecule has 0 spiro atoms. The Bertz CT molecular complexity index is 737. The van der Waals surface area contributed by atoms with Crippen LogP contribution in [-0.4, -0.2) is 25.2 Å². The van der Waals surface area contributed by atoms with Crippen LogP contribution in [0.5, 0.6) is 0 Å². The number of hydrogen-bond acceptors (Lipinski definition) is 4. The monoisotopic (exact) mass is 408 g/mol. The molecule has 6 heteroatoms. The van der Waals surface area contributed by atoms with Gasteiger partial charge in [-0.3, -0.25) is 9.59 Å². The highest BCUT2D eigenvalue weighted by molar-refractivity contribution is 6.31. The number of carbonyl (C=O) groups is 2. The van der Waals surface area contributed by atoms with E-state index in [1.54, 1.807) is 62.4 Å². The van der Waals surface area contributed by atoms with Crippen molar-refractivity contribution in [2.75, 3.05) is 13.2 Å². The van der Waals surface area contributed by atoms with Gasteiger partial charge in [0.1, 0.15) is 0 Å². The maximum absolute atomic E-state index is 13.0. The average Bonchev–Trinajstić information content (AvgIpc) is 2.65. The highest BCUT2D eigenvalue weighted by atomic mass is 35.5. The Kier molecular flexibility index (Phi) is 7.69. The molecule has 0 bridgehead atoms. The minimum atomic E-state index is -1.58. The Morgan fingerprint density at radius 3 is 1.48 bits per heavy atom. The summed E-state index contributed by atoms with van der Waals surface area (Å²) in [5.74, 6) is -1.30. The molecule has 0 N–H and O–H groups in total. The third-order valence-corrected chi connectivity index (χ3v) is 4.97. The molecule has 4 nitrogen and oxygen atoms in total. The molecule has 0 amide bonds. The number of benzene rings is 2. The van der Waals surface area contributed by atoms with Gasteiger partial charge < -0.3 is 9.47 Å². The summed E-state index contributed by atoms with van der Waals surface area (Å²) in [6.07, 6.45) is 0.102. The smallest absolute Gasteiger partial charge is 0.324 e. The Hall–Kier alpha value is -2.04. The fourth-order valence-corrected chi connectivity index (χ4v) is 3.31. The van der Waals surface area contributed by atoms with Crippen LogP contribution in [0.4, 0.5) is 0 Å². The highest BCUT2D eigenvalue weighted by Gasteiger charge is 2.49. The standard InChI is InChI=1S/C21H22Cl2O4/c1-3-26-19(24)21(20(25)27-4-2,13-15-9-5-7-11-17(15)22)14-16-10-6-8-12-18(16)23/h5-12H,3-4,13-14H2,1-2H3. The summed E-state index contributed by atoms with van der Waals surface area (Å²) >= 11 is 12.6. The van der Waals surface area contributed by atoms with Gasteiger partial charge in [-0.2, -0.15) is 0 Å². The fourth-order valence-electron chi connectivity index (χ4n) is 2.91. The van der Waals surface area contributed by atoms with Gasteiger partial charge in [-0.1, -0.05) is 59.6 Å². The van der Waals surface area contributed by atoms with Crippen molar-refractivity contribution >= 4 is 35.1 Å². The van der Waals surface area contributed by atoms with E-state index in [0.717, 1.165) is 0 Å². The molecular formula is C21H22Cl2O4. The average molecular weight is 409 g/mol. The zero-order chi connectivity index (χ0) is 19.9. The predicted molar refractivity (Wildman–Crippen MR) is 106 cm³/mol. The SMILES string of the molecule is CCOC(=O)C(Cc1ccccc1Cl)(Cc1ccccc1Cl)C(=O)OCC. The predicted octanol–water partition coefficient (Wildman–Crippen LogP) is 4.89. The van der Waals surface area contributed by atoms with Crippen molar-refractivity contribution in [2.24, 2.45) is 5.41 Å². The fraction of sp³-hybridized carbons (Fsp3) is 0.333. The molecule has 0 aliphatic carbocycles. The zero-order valence-corrected chi connectivity index (χ0v) is 16.8. The largest absolute Gasteiger partial charge is 0.465 e. The van der Waals surface area contributed by atoms with E-state index in [-0.39, 0.29) is 26.1 Å². The molecule has 0 saturated carbocycles. The molecule has 27 heavy (non-hydrogen) atoms. The van der Waals surface area contributed by atoms with Gasteiger partial charge in [-0.05, 0) is 37.1 Å². The first-order valence-corrected chi connectivity index (χ1v) is 9.51. The molecule has 0 fully saturated rings. The van der Waals surface area contributed by atoms with Crippen molar-refractivity contribution < 1.29 is 19.1 Å². The van der Waals surface area contributed by atoms with Crippen molar-refractivity contribution in [3.05, 3.63) is 69.7 Å². The molecule has 0 radical (unpaired) electrons. The van der Waals surface area contributed by atoms with Crippen LogP contribution in [0.15, 0.2) is 48.5 Å². The third kappa shape index (κ3) is 5.02. The van der Waals surface area contributed by atoms with Gasteiger partial charge in [-0.15, -0.1) is 0 Å². The van der Waals surface area contributed by atoms with E-state index < -0.39 is 17.4 Å². The Labute approximate surface area is 169 Å². The summed E-state index contributed by atoms with van der Waals surface area (Å²) in [5, 5.41) is 0.935. The summed E-state index contributed by atoms with van der Waals surface area (Å²) in [7, 11) is 0. The molecule has 0 atom stereocenters. The first kappa shape index (κ1) is 21.3. The van der Waals surface area contributed by atoms with Crippen molar-refractivity contribution in [2.45, 2.75) is 26.7 Å². The topological polar surface area (TPSA) is 52.6 Å². The molecule has 2 aromatic rings. The van der Waals surface area contributed by atoms with Crippen LogP contribution >= 0.6 is 23.2 Å². The summed E-state index contributed by atoms with van der Waals surface area (Å²) in [6.45, 7) is 3.67. The molecule has 0 aliphatic heterocycles. The van der Waals surface area contributed by atoms with Crippen molar-refractivity contribution in [1.29, 1.82) is 0 Å². The molecule has 0 saturated heterocycles. The summed E-state index contributed by atoms with van der Waals surface area (Å²) < 4.78 is 10.5. The molecular weight excluding hydrogens is 387 g/mol. The van der Waals surface area contributed by atoms with E-state index in [1.807, 2.05) is 0 Å². The second-order valence-corrected chi connectivity index (χ2v) is 6.87. The normalized spacial score (nSPS) is 11.1. The van der Waals surface area contributed by atoms with Gasteiger partial charge in [-0.25, -0.2) is 0 Å². The van der Waals surface area contributed by atoms with E-state index in [1.165, 1.54) is 0 Å². The van der Waals surface area contributed by atoms with Gasteiger partial charge in [0.25, 0.3) is 0 Å². The van der Waals surface area contributed by atoms with Crippen molar-refractivity contribution in [3.63, 3.8) is 0 Å². The molecule has 0 unspecified atom stereocenters. The number of esters is 2. The molecule has 0 aromatic heterocycles. The van der Waals surface area contributed by atoms with E-state index in [2.05, 4.69) is 0 Å². The van der Waals surface area contributed by atoms with Crippen LogP contribution in [0.25, 0.3) is 0 Å². The van der Waals surface area contributed by atoms with Gasteiger partial charge in [0.05, 0.1) is 13.2 Å². The molecule has 144 valence electrons. The zero-order valence-electron chi connectivity index (χ0n) is 15.3. The van der Waals surface area contributed by atoms with E-state index >= 15 is 0 Å². The highest BCUT2D eigenvalue weighted by Crippen LogP contribution is 2.35. The second-order valence-electron chi connectivity index (χ2n) is 6.06. The van der Waals surface area contributed by atoms with E-state index in [0.29, 0.717) is 21.2 Å². The van der Waals surface area contributed by atoms with Crippen LogP contribution in [0.2, 0.25) is 10.0 Å². The number of carbonyl (C=O) groups excluding carboxylic acids is 2. The summed E-state index contributed by atoms with van der Waals surface area (Å²) in [6, 6.07) is 14.2. The van der Waals surface area contributed by atoms with Crippen molar-refractivity contribution in [3.8, 4) is 0 Å². The lowest BCUT2D eigenvalue weighted by atomic mass is 9.76. The molecule has 2 aromatic carbocycles. The van der Waals surface area contributed by atoms with Crippen LogP contribution in [0.1, 0.15) is 25.0 Å². The number of rotatable bonds is 8. The van der Waals surface area contributed by atoms with Gasteiger partial charge in [0.15, 0.2) is 5.41 Å². The Balaban J connectivity index is 2.57. The molecule has 2 rings (SSSR count). The lowest BCUT2D eigenvalue weighted by Crippen LogP contribution is -2.46. The number of hydrogen-bond donors (Lipinski definition) is 0. The van der Waals surface area contributed by atoms with E-state index in [4.69, 9.17) is 32.7 Å².